The molecule has 0 spiro atoms. The Bertz CT molecular complexity index is 550. The maximum atomic E-state index is 13.7. The van der Waals surface area contributed by atoms with Crippen molar-refractivity contribution in [3.63, 3.8) is 0 Å². The fourth-order valence-corrected chi connectivity index (χ4v) is 3.72. The number of nitrogens with two attached hydrogens (primary N) is 1. The van der Waals surface area contributed by atoms with Gasteiger partial charge in [-0.2, -0.15) is 0 Å². The number of hydrogen-bond acceptors (Lipinski definition) is 2. The molecule has 4 heteroatoms. The summed E-state index contributed by atoms with van der Waals surface area (Å²) in [5.74, 6) is -1.15. The van der Waals surface area contributed by atoms with Gasteiger partial charge < -0.3 is 5.73 Å². The number of aryl methyl sites for hydroxylation is 2. The van der Waals surface area contributed by atoms with Crippen LogP contribution in [0, 0.1) is 11.6 Å². The Morgan fingerprint density at radius 1 is 1.17 bits per heavy atom. The second-order valence-electron chi connectivity index (χ2n) is 4.56. The maximum absolute atomic E-state index is 13.7. The molecule has 0 aliphatic heterocycles. The highest BCUT2D eigenvalue weighted by Gasteiger charge is 2.23. The van der Waals surface area contributed by atoms with Crippen molar-refractivity contribution in [3.8, 4) is 0 Å². The van der Waals surface area contributed by atoms with Crippen molar-refractivity contribution in [1.29, 1.82) is 0 Å². The average Bonchev–Trinajstić information content (AvgIpc) is 2.88. The van der Waals surface area contributed by atoms with Crippen LogP contribution in [-0.4, -0.2) is 0 Å². The van der Waals surface area contributed by atoms with Crippen molar-refractivity contribution in [1.82, 2.24) is 0 Å². The van der Waals surface area contributed by atoms with Gasteiger partial charge in [-0.3, -0.25) is 0 Å². The smallest absolute Gasteiger partial charge is 0.131 e. The fraction of sp³-hybridized carbons (Fsp3) is 0.286. The summed E-state index contributed by atoms with van der Waals surface area (Å²) in [5.41, 5.74) is 7.27. The van der Waals surface area contributed by atoms with Crippen LogP contribution in [0.25, 0.3) is 0 Å². The highest BCUT2D eigenvalue weighted by Crippen LogP contribution is 2.36. The van der Waals surface area contributed by atoms with E-state index in [1.807, 2.05) is 6.07 Å². The molecule has 0 fully saturated rings. The molecule has 94 valence electrons. The lowest BCUT2D eigenvalue weighted by Gasteiger charge is -2.12. The Labute approximate surface area is 108 Å². The van der Waals surface area contributed by atoms with Gasteiger partial charge in [-0.1, -0.05) is 6.07 Å². The SMILES string of the molecule is NC(c1cc2c(s1)CCC2)c1c(F)cccc1F. The first kappa shape index (κ1) is 11.8. The molecule has 0 radical (unpaired) electrons. The molecule has 1 aliphatic rings. The fourth-order valence-electron chi connectivity index (χ4n) is 2.46. The Morgan fingerprint density at radius 2 is 1.89 bits per heavy atom. The number of rotatable bonds is 2. The van der Waals surface area contributed by atoms with Crippen LogP contribution in [0.1, 0.15) is 33.3 Å². The predicted octanol–water partition coefficient (Wildman–Crippen LogP) is 3.56. The molecule has 1 aliphatic carbocycles. The van der Waals surface area contributed by atoms with Crippen LogP contribution in [-0.2, 0) is 12.8 Å². The lowest BCUT2D eigenvalue weighted by Crippen LogP contribution is -2.14. The van der Waals surface area contributed by atoms with Gasteiger partial charge in [0, 0.05) is 15.3 Å². The van der Waals surface area contributed by atoms with Crippen LogP contribution in [0.2, 0.25) is 0 Å². The number of halogens is 2. The molecule has 0 amide bonds. The van der Waals surface area contributed by atoms with Crippen molar-refractivity contribution in [2.75, 3.05) is 0 Å². The third kappa shape index (κ3) is 1.85. The summed E-state index contributed by atoms with van der Waals surface area (Å²) in [6.45, 7) is 0. The van der Waals surface area contributed by atoms with E-state index in [2.05, 4.69) is 0 Å². The predicted molar refractivity (Wildman–Crippen MR) is 68.7 cm³/mol. The zero-order valence-electron chi connectivity index (χ0n) is 9.75. The first-order chi connectivity index (χ1) is 8.66. The van der Waals surface area contributed by atoms with Crippen molar-refractivity contribution in [3.05, 3.63) is 56.8 Å². The molecular formula is C14H13F2NS. The molecule has 1 heterocycles. The second-order valence-corrected chi connectivity index (χ2v) is 5.73. The minimum atomic E-state index is -0.707. The Hall–Kier alpha value is -1.26. The molecule has 1 unspecified atom stereocenters. The molecule has 1 aromatic carbocycles. The summed E-state index contributed by atoms with van der Waals surface area (Å²) in [6, 6.07) is 5.15. The van der Waals surface area contributed by atoms with Gasteiger partial charge in [0.2, 0.25) is 0 Å². The molecule has 1 atom stereocenters. The lowest BCUT2D eigenvalue weighted by molar-refractivity contribution is 0.545. The number of hydrogen-bond donors (Lipinski definition) is 1. The van der Waals surface area contributed by atoms with Crippen molar-refractivity contribution < 1.29 is 8.78 Å². The van der Waals surface area contributed by atoms with E-state index in [9.17, 15) is 8.78 Å². The minimum Gasteiger partial charge on any atom is -0.319 e. The first-order valence-electron chi connectivity index (χ1n) is 5.98. The monoisotopic (exact) mass is 265 g/mol. The average molecular weight is 265 g/mol. The van der Waals surface area contributed by atoms with Gasteiger partial charge in [0.25, 0.3) is 0 Å². The number of thiophene rings is 1. The molecule has 0 saturated carbocycles. The Balaban J connectivity index is 2.01. The zero-order chi connectivity index (χ0) is 12.7. The van der Waals surface area contributed by atoms with Crippen LogP contribution in [0.3, 0.4) is 0 Å². The third-order valence-corrected chi connectivity index (χ3v) is 4.70. The highest BCUT2D eigenvalue weighted by atomic mass is 32.1. The molecule has 2 N–H and O–H groups in total. The summed E-state index contributed by atoms with van der Waals surface area (Å²) in [6.07, 6.45) is 3.29. The van der Waals surface area contributed by atoms with Gasteiger partial charge in [0.1, 0.15) is 11.6 Å². The van der Waals surface area contributed by atoms with Crippen LogP contribution in [0.5, 0.6) is 0 Å². The Kier molecular flexibility index (Phi) is 2.92. The van der Waals surface area contributed by atoms with E-state index in [0.29, 0.717) is 0 Å². The maximum Gasteiger partial charge on any atom is 0.131 e. The summed E-state index contributed by atoms with van der Waals surface area (Å²) in [4.78, 5) is 2.17. The van der Waals surface area contributed by atoms with Crippen molar-refractivity contribution in [2.45, 2.75) is 25.3 Å². The second kappa shape index (κ2) is 4.44. The first-order valence-corrected chi connectivity index (χ1v) is 6.79. The molecule has 0 saturated heterocycles. The van der Waals surface area contributed by atoms with E-state index >= 15 is 0 Å². The van der Waals surface area contributed by atoms with Crippen molar-refractivity contribution in [2.24, 2.45) is 5.73 Å². The van der Waals surface area contributed by atoms with Crippen LogP contribution < -0.4 is 5.73 Å². The van der Waals surface area contributed by atoms with Crippen LogP contribution >= 0.6 is 11.3 Å². The highest BCUT2D eigenvalue weighted by molar-refractivity contribution is 7.12. The summed E-state index contributed by atoms with van der Waals surface area (Å²) < 4.78 is 27.3. The van der Waals surface area contributed by atoms with Crippen molar-refractivity contribution >= 4 is 11.3 Å². The number of benzene rings is 1. The molecule has 3 rings (SSSR count). The largest absolute Gasteiger partial charge is 0.319 e. The van der Waals surface area contributed by atoms with Crippen LogP contribution in [0.4, 0.5) is 8.78 Å². The van der Waals surface area contributed by atoms with E-state index in [1.165, 1.54) is 35.1 Å². The van der Waals surface area contributed by atoms with E-state index in [4.69, 9.17) is 5.73 Å². The molecule has 1 nitrogen and oxygen atoms in total. The van der Waals surface area contributed by atoms with Gasteiger partial charge in [-0.05, 0) is 43.0 Å². The number of fused-ring (bicyclic) bond motifs is 1. The zero-order valence-corrected chi connectivity index (χ0v) is 10.6. The third-order valence-electron chi connectivity index (χ3n) is 3.38. The topological polar surface area (TPSA) is 26.0 Å². The van der Waals surface area contributed by atoms with Gasteiger partial charge in [-0.15, -0.1) is 11.3 Å². The quantitative estimate of drug-likeness (QED) is 0.882. The van der Waals surface area contributed by atoms with E-state index < -0.39 is 17.7 Å². The summed E-state index contributed by atoms with van der Waals surface area (Å²) in [5, 5.41) is 0. The van der Waals surface area contributed by atoms with E-state index in [0.717, 1.165) is 17.7 Å². The minimum absolute atomic E-state index is 0.0302. The van der Waals surface area contributed by atoms with Gasteiger partial charge in [-0.25, -0.2) is 8.78 Å². The standard InChI is InChI=1S/C14H13F2NS/c15-9-4-2-5-10(16)13(9)14(17)12-7-8-3-1-6-11(8)18-12/h2,4-5,7,14H,1,3,6,17H2. The van der Waals surface area contributed by atoms with Gasteiger partial charge in [0.15, 0.2) is 0 Å². The van der Waals surface area contributed by atoms with Gasteiger partial charge >= 0.3 is 0 Å². The van der Waals surface area contributed by atoms with E-state index in [-0.39, 0.29) is 5.56 Å². The Morgan fingerprint density at radius 3 is 2.56 bits per heavy atom. The lowest BCUT2D eigenvalue weighted by atomic mass is 10.0. The molecule has 1 aromatic heterocycles. The molecule has 0 bridgehead atoms. The van der Waals surface area contributed by atoms with E-state index in [1.54, 1.807) is 11.3 Å². The summed E-state index contributed by atoms with van der Waals surface area (Å²) >= 11 is 1.58. The molecule has 2 aromatic rings. The van der Waals surface area contributed by atoms with Crippen LogP contribution in [0.15, 0.2) is 24.3 Å². The normalized spacial score (nSPS) is 15.7. The molecular weight excluding hydrogens is 252 g/mol. The summed E-state index contributed by atoms with van der Waals surface area (Å²) in [7, 11) is 0. The molecule has 18 heavy (non-hydrogen) atoms. The van der Waals surface area contributed by atoms with Gasteiger partial charge in [0.05, 0.1) is 6.04 Å².